The fraction of sp³-hybridized carbons (Fsp3) is 0.349. The third kappa shape index (κ3) is 5.44. The molecule has 0 amide bonds. The van der Waals surface area contributed by atoms with Crippen LogP contribution in [0.25, 0.3) is 22.3 Å². The molecule has 3 heteroatoms. The van der Waals surface area contributed by atoms with Crippen LogP contribution in [0.2, 0.25) is 0 Å². The van der Waals surface area contributed by atoms with Crippen molar-refractivity contribution in [2.45, 2.75) is 187 Å². The van der Waals surface area contributed by atoms with Crippen molar-refractivity contribution in [3.05, 3.63) is 239 Å². The third-order valence-electron chi connectivity index (χ3n) is 24.9. The van der Waals surface area contributed by atoms with Gasteiger partial charge in [-0.2, -0.15) is 0 Å². The fourth-order valence-corrected chi connectivity index (χ4v) is 19.6. The number of para-hydroxylation sites is 3. The van der Waals surface area contributed by atoms with Gasteiger partial charge in [0.1, 0.15) is 0 Å². The molecule has 9 heterocycles. The Labute approximate surface area is 511 Å². The highest BCUT2D eigenvalue weighted by atomic mass is 15.2. The van der Waals surface area contributed by atoms with Crippen molar-refractivity contribution >= 4 is 51.2 Å². The maximum atomic E-state index is 2.77. The van der Waals surface area contributed by atoms with Crippen LogP contribution in [0, 0.1) is 13.8 Å². The Morgan fingerprint density at radius 3 is 0.477 bits per heavy atom. The Morgan fingerprint density at radius 1 is 0.186 bits per heavy atom. The number of hydrogen-bond acceptors (Lipinski definition) is 3. The molecule has 18 rings (SSSR count). The quantitative estimate of drug-likeness (QED) is 0.171. The lowest BCUT2D eigenvalue weighted by Crippen LogP contribution is -2.44. The molecule has 0 radical (unpaired) electrons. The van der Waals surface area contributed by atoms with E-state index in [4.69, 9.17) is 0 Å². The molecule has 0 unspecified atom stereocenters. The molecule has 0 aromatic heterocycles. The number of aryl methyl sites for hydroxylation is 2. The lowest BCUT2D eigenvalue weighted by molar-refractivity contribution is 0.564. The predicted molar refractivity (Wildman–Crippen MR) is 360 cm³/mol. The van der Waals surface area contributed by atoms with Gasteiger partial charge in [-0.3, -0.25) is 0 Å². The maximum Gasteiger partial charge on any atom is 0.0544 e. The summed E-state index contributed by atoms with van der Waals surface area (Å²) in [4.78, 5) is 8.22. The summed E-state index contributed by atoms with van der Waals surface area (Å²) in [6, 6.07) is 52.7. The van der Waals surface area contributed by atoms with Gasteiger partial charge in [-0.15, -0.1) is 0 Å². The highest BCUT2D eigenvalue weighted by Crippen LogP contribution is 2.72. The van der Waals surface area contributed by atoms with Gasteiger partial charge in [0.15, 0.2) is 0 Å². The summed E-state index contributed by atoms with van der Waals surface area (Å²) in [5.74, 6) is 0. The van der Waals surface area contributed by atoms with Crippen LogP contribution in [-0.2, 0) is 48.7 Å². The lowest BCUT2D eigenvalue weighted by atomic mass is 9.59. The summed E-state index contributed by atoms with van der Waals surface area (Å²) < 4.78 is 0. The Bertz CT molecular complexity index is 4530. The summed E-state index contributed by atoms with van der Waals surface area (Å²) in [5, 5.41) is 0. The standard InChI is InChI=1S/C83H81N3/c1-42-30-54-69-56(32-42)81(15,16)62-38-44(34-58-71(62)84(69)66-48(75(54,3)4)24-21-26-50(66)77(58,7)8)46-36-60-73-64(40-46)83(19,20)65-41-47(37-61-74(65)86(73)68-52(79(60,11)12)28-23-29-53(68)80(61,13)14)45-35-59-72-63(39-45)82(17,18)57-33-43(2)31-55-70(57)85(72)67-49(76(55,5)6)25-22-27-51(67)78(59,9)10/h21-41H,1-20H3. The Morgan fingerprint density at radius 2 is 0.314 bits per heavy atom. The van der Waals surface area contributed by atoms with Gasteiger partial charge in [-0.05, 0) is 185 Å². The van der Waals surface area contributed by atoms with E-state index in [0.717, 1.165) is 0 Å². The second kappa shape index (κ2) is 14.7. The van der Waals surface area contributed by atoms with Crippen molar-refractivity contribution in [1.29, 1.82) is 0 Å². The van der Waals surface area contributed by atoms with Crippen LogP contribution in [0.5, 0.6) is 0 Å². The molecule has 0 saturated carbocycles. The van der Waals surface area contributed by atoms with E-state index in [1.165, 1.54) is 185 Å². The first-order valence-corrected chi connectivity index (χ1v) is 32.2. The van der Waals surface area contributed by atoms with Crippen LogP contribution in [0.1, 0.15) is 236 Å². The zero-order valence-electron chi connectivity index (χ0n) is 54.5. The van der Waals surface area contributed by atoms with Gasteiger partial charge in [0.25, 0.3) is 0 Å². The number of hydrogen-bond donors (Lipinski definition) is 0. The molecule has 86 heavy (non-hydrogen) atoms. The number of rotatable bonds is 2. The minimum Gasteiger partial charge on any atom is -0.309 e. The van der Waals surface area contributed by atoms with Gasteiger partial charge in [0.05, 0.1) is 51.2 Å². The molecule has 0 N–H and O–H groups in total. The van der Waals surface area contributed by atoms with E-state index in [1.807, 2.05) is 0 Å². The van der Waals surface area contributed by atoms with Crippen LogP contribution in [0.3, 0.4) is 0 Å². The summed E-state index contributed by atoms with van der Waals surface area (Å²) in [6.07, 6.45) is 0. The van der Waals surface area contributed by atoms with E-state index in [-0.39, 0.29) is 48.7 Å². The van der Waals surface area contributed by atoms with E-state index < -0.39 is 0 Å². The van der Waals surface area contributed by atoms with Crippen LogP contribution in [0.4, 0.5) is 51.2 Å². The molecule has 9 aromatic carbocycles. The molecule has 0 saturated heterocycles. The van der Waals surface area contributed by atoms with Crippen molar-refractivity contribution < 1.29 is 0 Å². The normalized spacial score (nSPS) is 20.9. The van der Waals surface area contributed by atoms with E-state index in [2.05, 4.69) is 281 Å². The smallest absolute Gasteiger partial charge is 0.0544 e. The van der Waals surface area contributed by atoms with Gasteiger partial charge in [0, 0.05) is 48.7 Å². The van der Waals surface area contributed by atoms with Gasteiger partial charge in [-0.1, -0.05) is 215 Å². The summed E-state index contributed by atoms with van der Waals surface area (Å²) in [7, 11) is 0. The molecule has 9 aliphatic rings. The number of nitrogens with zero attached hydrogens (tertiary/aromatic N) is 3. The molecular formula is C83H81N3. The number of benzene rings is 9. The highest BCUT2D eigenvalue weighted by molar-refractivity contribution is 6.04. The summed E-state index contributed by atoms with van der Waals surface area (Å²) in [6.45, 7) is 49.6. The lowest BCUT2D eigenvalue weighted by Gasteiger charge is -2.56. The molecule has 0 atom stereocenters. The van der Waals surface area contributed by atoms with Crippen molar-refractivity contribution in [1.82, 2.24) is 0 Å². The van der Waals surface area contributed by atoms with E-state index >= 15 is 0 Å². The van der Waals surface area contributed by atoms with Crippen molar-refractivity contribution in [2.75, 3.05) is 14.7 Å². The summed E-state index contributed by atoms with van der Waals surface area (Å²) >= 11 is 0. The zero-order chi connectivity index (χ0) is 60.1. The summed E-state index contributed by atoms with van der Waals surface area (Å²) in [5.41, 5.74) is 43.7. The minimum absolute atomic E-state index is 0.142. The monoisotopic (exact) mass is 1120 g/mol. The number of anilines is 9. The van der Waals surface area contributed by atoms with Crippen LogP contribution in [-0.4, -0.2) is 0 Å². The molecule has 0 aliphatic carbocycles. The Hall–Kier alpha value is -7.62. The van der Waals surface area contributed by atoms with Crippen molar-refractivity contribution in [3.8, 4) is 22.3 Å². The van der Waals surface area contributed by atoms with Crippen LogP contribution < -0.4 is 14.7 Å². The first kappa shape index (κ1) is 51.6. The van der Waals surface area contributed by atoms with Crippen LogP contribution >= 0.6 is 0 Å². The van der Waals surface area contributed by atoms with Gasteiger partial charge >= 0.3 is 0 Å². The average Bonchev–Trinajstić information content (AvgIpc) is 0.683. The van der Waals surface area contributed by atoms with E-state index in [1.54, 1.807) is 0 Å². The Balaban J connectivity index is 0.885. The molecule has 0 bridgehead atoms. The molecule has 9 aromatic rings. The van der Waals surface area contributed by atoms with Crippen molar-refractivity contribution in [3.63, 3.8) is 0 Å². The molecular weight excluding hydrogens is 1040 g/mol. The Kier molecular flexibility index (Phi) is 8.80. The highest BCUT2D eigenvalue weighted by Gasteiger charge is 2.57. The molecule has 9 aliphatic heterocycles. The van der Waals surface area contributed by atoms with E-state index in [0.29, 0.717) is 0 Å². The first-order valence-electron chi connectivity index (χ1n) is 32.2. The molecule has 0 spiro atoms. The zero-order valence-corrected chi connectivity index (χ0v) is 54.5. The molecule has 0 fully saturated rings. The van der Waals surface area contributed by atoms with Crippen molar-refractivity contribution in [2.24, 2.45) is 0 Å². The second-order valence-electron chi connectivity index (χ2n) is 32.8. The molecule has 3 nitrogen and oxygen atoms in total. The van der Waals surface area contributed by atoms with Crippen LogP contribution in [0.15, 0.2) is 127 Å². The van der Waals surface area contributed by atoms with Gasteiger partial charge < -0.3 is 14.7 Å². The molecule has 428 valence electrons. The third-order valence-corrected chi connectivity index (χ3v) is 24.9. The van der Waals surface area contributed by atoms with E-state index in [9.17, 15) is 0 Å². The second-order valence-corrected chi connectivity index (χ2v) is 32.8. The fourth-order valence-electron chi connectivity index (χ4n) is 19.6. The maximum absolute atomic E-state index is 2.77. The topological polar surface area (TPSA) is 9.72 Å². The van der Waals surface area contributed by atoms with Gasteiger partial charge in [0.2, 0.25) is 0 Å². The largest absolute Gasteiger partial charge is 0.309 e. The van der Waals surface area contributed by atoms with Gasteiger partial charge in [-0.25, -0.2) is 0 Å². The minimum atomic E-state index is -0.375. The average molecular weight is 1120 g/mol. The predicted octanol–water partition coefficient (Wildman–Crippen LogP) is 21.8. The SMILES string of the molecule is Cc1cc2c3c(c1)C(C)(C)c1cc(-c4cc5c6c(c4)C(C)(C)c4cc(-c7cc8c9c(c7)C(C)(C)c7cc(C)cc%10c7N9c7c(cccc7C8(C)C)C%10(C)C)cc7c4N6c4c(cccc4C7(C)C)C5(C)C)cc4c1N3c1c(cccc1C4(C)C)C2(C)C. The first-order chi connectivity index (χ1) is 40.3.